The molecule has 2 aromatic carbocycles. The average molecular weight is 662 g/mol. The summed E-state index contributed by atoms with van der Waals surface area (Å²) in [4.78, 5) is 40.0. The number of benzene rings is 2. The molecular formula is C31H32ClN9O6. The SMILES string of the molecule is Nc1ccccc1NC(=O)c1ccc(CNC(=O)OCc2cccnc2)cc1.Nc1nc(Cl)nc2c1ncn2[C@H]1C[C@H](O)[C@@H](CO)O1. The van der Waals surface area contributed by atoms with Gasteiger partial charge in [-0.15, -0.1) is 0 Å². The van der Waals surface area contributed by atoms with Crippen molar-refractivity contribution in [3.8, 4) is 0 Å². The van der Waals surface area contributed by atoms with Crippen LogP contribution in [-0.2, 0) is 22.6 Å². The smallest absolute Gasteiger partial charge is 0.407 e. The monoisotopic (exact) mass is 661 g/mol. The number of nitrogens with two attached hydrogens (primary N) is 2. The number of pyridine rings is 1. The molecule has 16 heteroatoms. The van der Waals surface area contributed by atoms with E-state index in [0.29, 0.717) is 41.1 Å². The van der Waals surface area contributed by atoms with Gasteiger partial charge in [0.2, 0.25) is 5.28 Å². The van der Waals surface area contributed by atoms with Gasteiger partial charge in [-0.1, -0.05) is 30.3 Å². The fraction of sp³-hybridized carbons (Fsp3) is 0.226. The lowest BCUT2D eigenvalue weighted by molar-refractivity contribution is -0.0432. The minimum absolute atomic E-state index is 0.0176. The second-order valence-corrected chi connectivity index (χ2v) is 10.7. The third-order valence-corrected chi connectivity index (χ3v) is 7.24. The van der Waals surface area contributed by atoms with Gasteiger partial charge in [0.1, 0.15) is 24.5 Å². The Kier molecular flexibility index (Phi) is 10.7. The first kappa shape index (κ1) is 33.0. The summed E-state index contributed by atoms with van der Waals surface area (Å²) in [6.07, 6.45) is 2.79. The van der Waals surface area contributed by atoms with E-state index in [4.69, 9.17) is 37.6 Å². The number of amides is 2. The van der Waals surface area contributed by atoms with Gasteiger partial charge in [0.05, 0.1) is 30.4 Å². The zero-order valence-corrected chi connectivity index (χ0v) is 25.6. The molecule has 3 aromatic heterocycles. The molecule has 1 fully saturated rings. The Balaban J connectivity index is 0.000000198. The van der Waals surface area contributed by atoms with Crippen LogP contribution < -0.4 is 22.1 Å². The quantitative estimate of drug-likeness (QED) is 0.104. The number of fused-ring (bicyclic) bond motifs is 1. The molecule has 1 aliphatic rings. The van der Waals surface area contributed by atoms with Crippen LogP contribution in [0.1, 0.15) is 34.1 Å². The number of hydrogen-bond donors (Lipinski definition) is 6. The minimum atomic E-state index is -0.734. The summed E-state index contributed by atoms with van der Waals surface area (Å²) in [7, 11) is 0. The molecule has 0 spiro atoms. The van der Waals surface area contributed by atoms with Gasteiger partial charge in [0.25, 0.3) is 5.91 Å². The number of aliphatic hydroxyl groups is 2. The number of hydrogen-bond acceptors (Lipinski definition) is 12. The zero-order chi connectivity index (χ0) is 33.3. The first-order chi connectivity index (χ1) is 22.7. The number of nitrogen functional groups attached to an aromatic ring is 2. The average Bonchev–Trinajstić information content (AvgIpc) is 3.67. The molecule has 15 nitrogen and oxygen atoms in total. The van der Waals surface area contributed by atoms with Gasteiger partial charge < -0.3 is 41.8 Å². The van der Waals surface area contributed by atoms with E-state index in [-0.39, 0.29) is 30.2 Å². The van der Waals surface area contributed by atoms with E-state index in [1.165, 1.54) is 6.33 Å². The normalized spacial score (nSPS) is 17.0. The summed E-state index contributed by atoms with van der Waals surface area (Å²) in [6.45, 7) is 0.197. The van der Waals surface area contributed by atoms with Crippen LogP contribution in [0.3, 0.4) is 0 Å². The van der Waals surface area contributed by atoms with Crippen molar-refractivity contribution >= 4 is 52.0 Å². The predicted octanol–water partition coefficient (Wildman–Crippen LogP) is 3.05. The maximum absolute atomic E-state index is 12.3. The number of carbonyl (C=O) groups is 2. The fourth-order valence-electron chi connectivity index (χ4n) is 4.61. The standard InChI is InChI=1S/C21H20N4O3.C10H12ClN5O3/c22-18-5-1-2-6-19(18)25-20(26)17-9-7-15(8-10-17)13-24-21(27)28-14-16-4-3-11-23-12-16;11-10-14-8(12)7-9(15-10)16(3-13-7)6-1-4(18)5(2-17)19-6/h1-12H,13-14,22H2,(H,24,27)(H,25,26);3-6,17-18H,1-2H2,(H2,12,14,15)/t;4-,5+,6+/m.0/s1. The molecular weight excluding hydrogens is 630 g/mol. The van der Waals surface area contributed by atoms with Gasteiger partial charge in [0, 0.05) is 36.5 Å². The number of ether oxygens (including phenoxy) is 2. The molecule has 0 bridgehead atoms. The van der Waals surface area contributed by atoms with Crippen LogP contribution in [0.4, 0.5) is 22.0 Å². The summed E-state index contributed by atoms with van der Waals surface area (Å²) in [5.74, 6) is -0.0701. The maximum Gasteiger partial charge on any atom is 0.407 e. The lowest BCUT2D eigenvalue weighted by atomic mass is 10.1. The molecule has 0 unspecified atom stereocenters. The Labute approximate surface area is 273 Å². The molecule has 244 valence electrons. The van der Waals surface area contributed by atoms with E-state index in [2.05, 4.69) is 30.6 Å². The van der Waals surface area contributed by atoms with Crippen molar-refractivity contribution < 1.29 is 29.3 Å². The van der Waals surface area contributed by atoms with Gasteiger partial charge in [-0.2, -0.15) is 9.97 Å². The summed E-state index contributed by atoms with van der Waals surface area (Å²) < 4.78 is 12.3. The molecule has 5 aromatic rings. The van der Waals surface area contributed by atoms with Gasteiger partial charge >= 0.3 is 6.09 Å². The molecule has 0 saturated carbocycles. The number of alkyl carbamates (subject to hydrolysis) is 1. The molecule has 0 aliphatic carbocycles. The summed E-state index contributed by atoms with van der Waals surface area (Å²) >= 11 is 5.77. The van der Waals surface area contributed by atoms with Crippen molar-refractivity contribution in [1.29, 1.82) is 0 Å². The van der Waals surface area contributed by atoms with Crippen molar-refractivity contribution in [2.75, 3.05) is 23.4 Å². The summed E-state index contributed by atoms with van der Waals surface area (Å²) in [5.41, 5.74) is 15.6. The van der Waals surface area contributed by atoms with Crippen LogP contribution in [0.2, 0.25) is 5.28 Å². The third kappa shape index (κ3) is 8.47. The second kappa shape index (κ2) is 15.3. The number of nitrogens with zero attached hydrogens (tertiary/aromatic N) is 5. The Hall–Kier alpha value is -5.35. The molecule has 47 heavy (non-hydrogen) atoms. The van der Waals surface area contributed by atoms with Crippen molar-refractivity contribution in [1.82, 2.24) is 29.8 Å². The van der Waals surface area contributed by atoms with E-state index < -0.39 is 24.5 Å². The Bertz CT molecular complexity index is 1820. The molecule has 2 amide bonds. The zero-order valence-electron chi connectivity index (χ0n) is 24.9. The van der Waals surface area contributed by atoms with Crippen LogP contribution >= 0.6 is 11.6 Å². The van der Waals surface area contributed by atoms with Gasteiger partial charge in [-0.25, -0.2) is 9.78 Å². The highest BCUT2D eigenvalue weighted by Gasteiger charge is 2.35. The van der Waals surface area contributed by atoms with Crippen molar-refractivity contribution in [2.24, 2.45) is 0 Å². The van der Waals surface area contributed by atoms with Crippen molar-refractivity contribution in [3.05, 3.63) is 101 Å². The van der Waals surface area contributed by atoms with Crippen LogP contribution in [0.15, 0.2) is 79.4 Å². The highest BCUT2D eigenvalue weighted by Crippen LogP contribution is 2.31. The van der Waals surface area contributed by atoms with Gasteiger partial charge in [-0.05, 0) is 47.5 Å². The number of imidazole rings is 1. The number of carbonyl (C=O) groups excluding carboxylic acids is 2. The largest absolute Gasteiger partial charge is 0.445 e. The molecule has 3 atom stereocenters. The molecule has 1 aliphatic heterocycles. The minimum Gasteiger partial charge on any atom is -0.445 e. The highest BCUT2D eigenvalue weighted by molar-refractivity contribution is 6.28. The number of halogens is 1. The molecule has 1 saturated heterocycles. The molecule has 8 N–H and O–H groups in total. The Morgan fingerprint density at radius 2 is 1.85 bits per heavy atom. The van der Waals surface area contributed by atoms with E-state index in [9.17, 15) is 14.7 Å². The van der Waals surface area contributed by atoms with E-state index >= 15 is 0 Å². The number of para-hydroxylation sites is 2. The number of aromatic nitrogens is 5. The van der Waals surface area contributed by atoms with Crippen LogP contribution in [0.25, 0.3) is 11.2 Å². The first-order valence-corrected chi connectivity index (χ1v) is 14.7. The van der Waals surface area contributed by atoms with Crippen molar-refractivity contribution in [2.45, 2.75) is 38.0 Å². The van der Waals surface area contributed by atoms with Crippen molar-refractivity contribution in [3.63, 3.8) is 0 Å². The molecule has 6 rings (SSSR count). The topological polar surface area (TPSA) is 226 Å². The maximum atomic E-state index is 12.3. The Morgan fingerprint density at radius 3 is 2.55 bits per heavy atom. The van der Waals surface area contributed by atoms with Crippen LogP contribution in [0.5, 0.6) is 0 Å². The lowest BCUT2D eigenvalue weighted by Gasteiger charge is -2.13. The number of anilines is 3. The van der Waals surface area contributed by atoms with E-state index in [1.54, 1.807) is 71.6 Å². The predicted molar refractivity (Wildman–Crippen MR) is 173 cm³/mol. The molecule has 0 radical (unpaired) electrons. The van der Waals surface area contributed by atoms with E-state index in [0.717, 1.165) is 11.1 Å². The molecule has 4 heterocycles. The van der Waals surface area contributed by atoms with Gasteiger partial charge in [-0.3, -0.25) is 14.3 Å². The number of nitrogens with one attached hydrogen (secondary N) is 2. The number of aliphatic hydroxyl groups excluding tert-OH is 2. The second-order valence-electron chi connectivity index (χ2n) is 10.3. The third-order valence-electron chi connectivity index (χ3n) is 7.07. The highest BCUT2D eigenvalue weighted by atomic mass is 35.5. The number of rotatable bonds is 8. The lowest BCUT2D eigenvalue weighted by Crippen LogP contribution is -2.24. The van der Waals surface area contributed by atoms with Crippen LogP contribution in [-0.4, -0.2) is 65.5 Å². The first-order valence-electron chi connectivity index (χ1n) is 14.4. The van der Waals surface area contributed by atoms with E-state index in [1.807, 2.05) is 6.07 Å². The Morgan fingerprint density at radius 1 is 1.06 bits per heavy atom. The van der Waals surface area contributed by atoms with Crippen LogP contribution in [0, 0.1) is 0 Å². The van der Waals surface area contributed by atoms with Gasteiger partial charge in [0.15, 0.2) is 11.5 Å². The summed E-state index contributed by atoms with van der Waals surface area (Å²) in [5, 5.41) is 24.3. The summed E-state index contributed by atoms with van der Waals surface area (Å²) in [6, 6.07) is 17.6. The fourth-order valence-corrected chi connectivity index (χ4v) is 4.78.